The van der Waals surface area contributed by atoms with Gasteiger partial charge in [-0.25, -0.2) is 9.50 Å². The van der Waals surface area contributed by atoms with E-state index >= 15 is 0 Å². The van der Waals surface area contributed by atoms with Crippen LogP contribution in [-0.2, 0) is 0 Å². The Morgan fingerprint density at radius 2 is 2.05 bits per heavy atom. The molecule has 5 heteroatoms. The van der Waals surface area contributed by atoms with E-state index < -0.39 is 0 Å². The largest absolute Gasteiger partial charge is 0.396 e. The summed E-state index contributed by atoms with van der Waals surface area (Å²) in [6.45, 7) is 8.72. The number of aliphatic hydroxyl groups is 1. The molecule has 1 atom stereocenters. The summed E-state index contributed by atoms with van der Waals surface area (Å²) < 4.78 is 1.86. The first-order chi connectivity index (χ1) is 9.52. The molecule has 2 rings (SSSR count). The van der Waals surface area contributed by atoms with Crippen molar-refractivity contribution in [3.05, 3.63) is 24.2 Å². The van der Waals surface area contributed by atoms with Gasteiger partial charge >= 0.3 is 0 Å². The predicted molar refractivity (Wildman–Crippen MR) is 81.0 cm³/mol. The number of anilines is 1. The van der Waals surface area contributed by atoms with E-state index in [9.17, 15) is 5.11 Å². The summed E-state index contributed by atoms with van der Waals surface area (Å²) in [5.41, 5.74) is 2.05. The molecule has 1 unspecified atom stereocenters. The Kier molecular flexibility index (Phi) is 4.60. The van der Waals surface area contributed by atoms with E-state index in [2.05, 4.69) is 49.2 Å². The molecule has 0 radical (unpaired) electrons. The molecule has 0 fully saturated rings. The van der Waals surface area contributed by atoms with Gasteiger partial charge in [-0.3, -0.25) is 0 Å². The molecule has 2 aromatic heterocycles. The van der Waals surface area contributed by atoms with Crippen LogP contribution in [0.15, 0.2) is 18.5 Å². The second kappa shape index (κ2) is 6.22. The molecule has 20 heavy (non-hydrogen) atoms. The molecule has 0 aliphatic heterocycles. The summed E-state index contributed by atoms with van der Waals surface area (Å²) in [4.78, 5) is 4.43. The van der Waals surface area contributed by atoms with Crippen molar-refractivity contribution in [1.29, 1.82) is 0 Å². The Morgan fingerprint density at radius 3 is 2.65 bits per heavy atom. The lowest BCUT2D eigenvalue weighted by Gasteiger charge is -2.22. The summed E-state index contributed by atoms with van der Waals surface area (Å²) in [5.74, 6) is 1.65. The van der Waals surface area contributed by atoms with E-state index in [1.165, 1.54) is 0 Å². The summed E-state index contributed by atoms with van der Waals surface area (Å²) in [6.07, 6.45) is 4.33. The van der Waals surface area contributed by atoms with Crippen LogP contribution in [0.25, 0.3) is 5.52 Å². The van der Waals surface area contributed by atoms with Crippen molar-refractivity contribution in [1.82, 2.24) is 14.6 Å². The molecule has 0 bridgehead atoms. The van der Waals surface area contributed by atoms with Crippen molar-refractivity contribution in [3.8, 4) is 0 Å². The normalized spacial score (nSPS) is 13.3. The molecule has 5 nitrogen and oxygen atoms in total. The van der Waals surface area contributed by atoms with Gasteiger partial charge in [0.1, 0.15) is 5.52 Å². The number of nitrogens with one attached hydrogen (secondary N) is 1. The van der Waals surface area contributed by atoms with Crippen LogP contribution in [0.5, 0.6) is 0 Å². The highest BCUT2D eigenvalue weighted by atomic mass is 16.3. The molecular formula is C15H24N4O. The average molecular weight is 276 g/mol. The Labute approximate surface area is 120 Å². The molecule has 110 valence electrons. The topological polar surface area (TPSA) is 62.5 Å². The van der Waals surface area contributed by atoms with Crippen LogP contribution in [0.3, 0.4) is 0 Å². The SMILES string of the molecule is CC(C)c1cc2c(NC(CCO)C(C)C)nccn2n1. The van der Waals surface area contributed by atoms with Crippen molar-refractivity contribution < 1.29 is 5.11 Å². The van der Waals surface area contributed by atoms with E-state index in [4.69, 9.17) is 0 Å². The first-order valence-corrected chi connectivity index (χ1v) is 7.24. The standard InChI is InChI=1S/C15H24N4O/c1-10(2)12(5-8-20)17-15-14-9-13(11(3)4)18-19(14)7-6-16-15/h6-7,9-12,20H,5,8H2,1-4H3,(H,16,17). The number of rotatable bonds is 6. The van der Waals surface area contributed by atoms with Gasteiger partial charge in [0.25, 0.3) is 0 Å². The van der Waals surface area contributed by atoms with Crippen molar-refractivity contribution in [2.75, 3.05) is 11.9 Å². The minimum absolute atomic E-state index is 0.176. The van der Waals surface area contributed by atoms with Gasteiger partial charge in [0.2, 0.25) is 0 Å². The van der Waals surface area contributed by atoms with Gasteiger partial charge in [-0.2, -0.15) is 5.10 Å². The first-order valence-electron chi connectivity index (χ1n) is 7.24. The maximum absolute atomic E-state index is 9.18. The van der Waals surface area contributed by atoms with E-state index in [1.807, 2.05) is 10.7 Å². The van der Waals surface area contributed by atoms with Crippen molar-refractivity contribution >= 4 is 11.3 Å². The molecule has 0 aliphatic carbocycles. The third kappa shape index (κ3) is 3.10. The highest BCUT2D eigenvalue weighted by molar-refractivity contribution is 5.68. The number of fused-ring (bicyclic) bond motifs is 1. The molecule has 2 aromatic rings. The Morgan fingerprint density at radius 1 is 1.30 bits per heavy atom. The van der Waals surface area contributed by atoms with Crippen LogP contribution in [0.4, 0.5) is 5.82 Å². The molecule has 0 aromatic carbocycles. The van der Waals surface area contributed by atoms with Gasteiger partial charge in [-0.1, -0.05) is 27.7 Å². The minimum atomic E-state index is 0.176. The summed E-state index contributed by atoms with van der Waals surface area (Å²) in [6, 6.07) is 2.28. The Hall–Kier alpha value is -1.62. The summed E-state index contributed by atoms with van der Waals surface area (Å²) >= 11 is 0. The van der Waals surface area contributed by atoms with Crippen LogP contribution in [0, 0.1) is 5.92 Å². The zero-order valence-corrected chi connectivity index (χ0v) is 12.7. The second-order valence-electron chi connectivity index (χ2n) is 5.84. The number of aliphatic hydroxyl groups excluding tert-OH is 1. The van der Waals surface area contributed by atoms with Crippen LogP contribution in [0.2, 0.25) is 0 Å². The van der Waals surface area contributed by atoms with E-state index in [1.54, 1.807) is 6.20 Å². The number of hydrogen-bond donors (Lipinski definition) is 2. The maximum atomic E-state index is 9.18. The molecule has 2 N–H and O–H groups in total. The summed E-state index contributed by atoms with van der Waals surface area (Å²) in [5, 5.41) is 17.2. The monoisotopic (exact) mass is 276 g/mol. The second-order valence-corrected chi connectivity index (χ2v) is 5.84. The van der Waals surface area contributed by atoms with Crippen molar-refractivity contribution in [3.63, 3.8) is 0 Å². The lowest BCUT2D eigenvalue weighted by atomic mass is 10.0. The molecule has 0 saturated carbocycles. The van der Waals surface area contributed by atoms with Crippen LogP contribution in [-0.4, -0.2) is 32.4 Å². The van der Waals surface area contributed by atoms with E-state index in [0.29, 0.717) is 18.3 Å². The summed E-state index contributed by atoms with van der Waals surface area (Å²) in [7, 11) is 0. The van der Waals surface area contributed by atoms with Gasteiger partial charge in [-0.15, -0.1) is 0 Å². The zero-order valence-electron chi connectivity index (χ0n) is 12.7. The quantitative estimate of drug-likeness (QED) is 0.851. The fraction of sp³-hybridized carbons (Fsp3) is 0.600. The lowest BCUT2D eigenvalue weighted by Crippen LogP contribution is -2.27. The zero-order chi connectivity index (χ0) is 14.7. The fourth-order valence-electron chi connectivity index (χ4n) is 2.22. The van der Waals surface area contributed by atoms with E-state index in [0.717, 1.165) is 17.0 Å². The molecule has 2 heterocycles. The Balaban J connectivity index is 2.33. The highest BCUT2D eigenvalue weighted by Gasteiger charge is 2.16. The predicted octanol–water partition coefficient (Wildman–Crippen LogP) is 2.67. The van der Waals surface area contributed by atoms with Crippen molar-refractivity contribution in [2.24, 2.45) is 5.92 Å². The maximum Gasteiger partial charge on any atom is 0.152 e. The van der Waals surface area contributed by atoms with Crippen LogP contribution in [0.1, 0.15) is 45.7 Å². The molecular weight excluding hydrogens is 252 g/mol. The van der Waals surface area contributed by atoms with Crippen LogP contribution >= 0.6 is 0 Å². The average Bonchev–Trinajstić information content (AvgIpc) is 2.83. The number of aromatic nitrogens is 3. The van der Waals surface area contributed by atoms with Gasteiger partial charge in [-0.05, 0) is 24.3 Å². The lowest BCUT2D eigenvalue weighted by molar-refractivity contribution is 0.267. The number of hydrogen-bond acceptors (Lipinski definition) is 4. The number of nitrogens with zero attached hydrogens (tertiary/aromatic N) is 3. The fourth-order valence-corrected chi connectivity index (χ4v) is 2.22. The minimum Gasteiger partial charge on any atom is -0.396 e. The van der Waals surface area contributed by atoms with Gasteiger partial charge in [0, 0.05) is 25.0 Å². The highest BCUT2D eigenvalue weighted by Crippen LogP contribution is 2.22. The molecule has 0 spiro atoms. The smallest absolute Gasteiger partial charge is 0.152 e. The first kappa shape index (κ1) is 14.8. The van der Waals surface area contributed by atoms with Gasteiger partial charge in [0.05, 0.1) is 5.69 Å². The van der Waals surface area contributed by atoms with Gasteiger partial charge < -0.3 is 10.4 Å². The van der Waals surface area contributed by atoms with Gasteiger partial charge in [0.15, 0.2) is 5.82 Å². The Bertz CT molecular complexity index is 562. The third-order valence-corrected chi connectivity index (χ3v) is 3.57. The third-order valence-electron chi connectivity index (χ3n) is 3.57. The molecule has 0 aliphatic rings. The van der Waals surface area contributed by atoms with Crippen molar-refractivity contribution in [2.45, 2.75) is 46.1 Å². The molecule has 0 saturated heterocycles. The van der Waals surface area contributed by atoms with E-state index in [-0.39, 0.29) is 12.6 Å². The molecule has 0 amide bonds. The van der Waals surface area contributed by atoms with Crippen LogP contribution < -0.4 is 5.32 Å².